The molecule has 0 spiro atoms. The number of benzene rings is 2. The molecule has 4 rings (SSSR count). The molecule has 0 aliphatic carbocycles. The van der Waals surface area contributed by atoms with Crippen molar-refractivity contribution in [3.05, 3.63) is 47.0 Å². The number of nitrogens with zero attached hydrogens (tertiary/aromatic N) is 1. The highest BCUT2D eigenvalue weighted by molar-refractivity contribution is 5.80. The smallest absolute Gasteiger partial charge is 0.231 e. The number of likely N-dealkylation sites (N-methyl/N-ethyl adjacent to an activating group) is 1. The fourth-order valence-electron chi connectivity index (χ4n) is 4.21. The molecule has 2 aliphatic heterocycles. The Morgan fingerprint density at radius 2 is 2.07 bits per heavy atom. The molecule has 0 fully saturated rings. The van der Waals surface area contributed by atoms with Crippen molar-refractivity contribution in [3.63, 3.8) is 0 Å². The Bertz CT molecular complexity index is 910. The summed E-state index contributed by atoms with van der Waals surface area (Å²) in [6.45, 7) is 1.10. The van der Waals surface area contributed by atoms with Gasteiger partial charge in [-0.2, -0.15) is 0 Å². The highest BCUT2D eigenvalue weighted by Gasteiger charge is 2.34. The largest absolute Gasteiger partial charge is 0.497 e. The van der Waals surface area contributed by atoms with Crippen LogP contribution in [0.5, 0.6) is 23.0 Å². The molecule has 0 N–H and O–H groups in total. The fraction of sp³-hybridized carbons (Fsp3) is 0.435. The predicted octanol–water partition coefficient (Wildman–Crippen LogP) is 3.55. The Labute approximate surface area is 171 Å². The summed E-state index contributed by atoms with van der Waals surface area (Å²) < 4.78 is 22.2. The van der Waals surface area contributed by atoms with Gasteiger partial charge in [0.1, 0.15) is 11.5 Å². The van der Waals surface area contributed by atoms with Gasteiger partial charge in [0.05, 0.1) is 14.2 Å². The lowest BCUT2D eigenvalue weighted by Crippen LogP contribution is -2.34. The first-order valence-electron chi connectivity index (χ1n) is 9.95. The van der Waals surface area contributed by atoms with Crippen LogP contribution >= 0.6 is 0 Å². The number of aryl methyl sites for hydroxylation is 1. The third kappa shape index (κ3) is 3.90. The third-order valence-electron chi connectivity index (χ3n) is 5.79. The van der Waals surface area contributed by atoms with Gasteiger partial charge in [-0.3, -0.25) is 9.69 Å². The van der Waals surface area contributed by atoms with Crippen LogP contribution in [0.4, 0.5) is 0 Å². The molecular formula is C23H27NO5. The van der Waals surface area contributed by atoms with Crippen molar-refractivity contribution in [3.8, 4) is 23.0 Å². The van der Waals surface area contributed by atoms with Gasteiger partial charge in [-0.15, -0.1) is 0 Å². The van der Waals surface area contributed by atoms with Crippen molar-refractivity contribution in [2.45, 2.75) is 31.7 Å². The lowest BCUT2D eigenvalue weighted by atomic mass is 9.87. The molecule has 2 aromatic carbocycles. The van der Waals surface area contributed by atoms with Crippen LogP contribution in [0.25, 0.3) is 0 Å². The van der Waals surface area contributed by atoms with E-state index in [2.05, 4.69) is 11.9 Å². The molecule has 154 valence electrons. The molecule has 0 saturated carbocycles. The highest BCUT2D eigenvalue weighted by Crippen LogP contribution is 2.50. The van der Waals surface area contributed by atoms with Crippen molar-refractivity contribution in [1.82, 2.24) is 4.90 Å². The van der Waals surface area contributed by atoms with Crippen molar-refractivity contribution in [2.24, 2.45) is 0 Å². The summed E-state index contributed by atoms with van der Waals surface area (Å²) in [5.41, 5.74) is 3.34. The van der Waals surface area contributed by atoms with Crippen LogP contribution in [0.2, 0.25) is 0 Å². The Kier molecular flexibility index (Phi) is 5.62. The third-order valence-corrected chi connectivity index (χ3v) is 5.79. The van der Waals surface area contributed by atoms with Crippen LogP contribution in [-0.4, -0.2) is 45.3 Å². The van der Waals surface area contributed by atoms with E-state index >= 15 is 0 Å². The van der Waals surface area contributed by atoms with E-state index in [4.69, 9.17) is 18.9 Å². The molecule has 1 unspecified atom stereocenters. The number of hydrogen-bond acceptors (Lipinski definition) is 6. The minimum Gasteiger partial charge on any atom is -0.497 e. The van der Waals surface area contributed by atoms with Gasteiger partial charge >= 0.3 is 0 Å². The zero-order valence-corrected chi connectivity index (χ0v) is 17.2. The lowest BCUT2D eigenvalue weighted by molar-refractivity contribution is -0.120. The van der Waals surface area contributed by atoms with Gasteiger partial charge in [0.2, 0.25) is 12.5 Å². The maximum absolute atomic E-state index is 12.9. The zero-order valence-electron chi connectivity index (χ0n) is 17.2. The normalized spacial score (nSPS) is 17.7. The van der Waals surface area contributed by atoms with E-state index in [9.17, 15) is 4.79 Å². The minimum absolute atomic E-state index is 0.0268. The van der Waals surface area contributed by atoms with Gasteiger partial charge < -0.3 is 18.9 Å². The van der Waals surface area contributed by atoms with Crippen LogP contribution in [0.15, 0.2) is 30.3 Å². The maximum atomic E-state index is 12.9. The van der Waals surface area contributed by atoms with Crippen LogP contribution in [0.3, 0.4) is 0 Å². The van der Waals surface area contributed by atoms with E-state index in [-0.39, 0.29) is 18.6 Å². The van der Waals surface area contributed by atoms with Crippen LogP contribution in [0, 0.1) is 0 Å². The standard InChI is InChI=1S/C23H27NO5/c1-24-10-9-16-12-20-22(29-14-28-20)23(27-3)21(16)19(24)13-17(25)8-7-15-5-4-6-18(11-15)26-2/h4-6,11-12,19H,7-10,13-14H2,1-3H3. The van der Waals surface area contributed by atoms with Gasteiger partial charge in [-0.05, 0) is 49.2 Å². The van der Waals surface area contributed by atoms with E-state index in [0.717, 1.165) is 35.6 Å². The number of hydrogen-bond donors (Lipinski definition) is 0. The first kappa shape index (κ1) is 19.6. The summed E-state index contributed by atoms with van der Waals surface area (Å²) in [4.78, 5) is 15.1. The summed E-state index contributed by atoms with van der Waals surface area (Å²) in [7, 11) is 5.36. The van der Waals surface area contributed by atoms with E-state index in [1.165, 1.54) is 5.56 Å². The summed E-state index contributed by atoms with van der Waals surface area (Å²) >= 11 is 0. The molecule has 29 heavy (non-hydrogen) atoms. The molecule has 0 radical (unpaired) electrons. The molecule has 6 heteroatoms. The number of carbonyl (C=O) groups is 1. The number of ketones is 1. The second-order valence-electron chi connectivity index (χ2n) is 7.56. The zero-order chi connectivity index (χ0) is 20.4. The molecular weight excluding hydrogens is 370 g/mol. The molecule has 0 amide bonds. The molecule has 2 heterocycles. The van der Waals surface area contributed by atoms with Crippen LogP contribution in [0.1, 0.15) is 35.6 Å². The quantitative estimate of drug-likeness (QED) is 0.712. The van der Waals surface area contributed by atoms with Gasteiger partial charge in [0.25, 0.3) is 0 Å². The SMILES string of the molecule is COc1cccc(CCC(=O)CC2c3c(cc4c(c3OC)OCO4)CCN2C)c1. The van der Waals surface area contributed by atoms with Crippen molar-refractivity contribution in [1.29, 1.82) is 0 Å². The monoisotopic (exact) mass is 397 g/mol. The molecule has 0 bridgehead atoms. The first-order chi connectivity index (χ1) is 14.1. The molecule has 6 nitrogen and oxygen atoms in total. The minimum atomic E-state index is -0.0268. The first-order valence-corrected chi connectivity index (χ1v) is 9.95. The lowest BCUT2D eigenvalue weighted by Gasteiger charge is -2.35. The molecule has 2 aromatic rings. The number of fused-ring (bicyclic) bond motifs is 2. The van der Waals surface area contributed by atoms with Crippen molar-refractivity contribution < 1.29 is 23.7 Å². The second kappa shape index (κ2) is 8.33. The fourth-order valence-corrected chi connectivity index (χ4v) is 4.21. The number of Topliss-reactive ketones (excluding diaryl/α,β-unsaturated/α-hetero) is 1. The number of rotatable bonds is 7. The van der Waals surface area contributed by atoms with E-state index in [0.29, 0.717) is 30.8 Å². The number of methoxy groups -OCH3 is 2. The van der Waals surface area contributed by atoms with Crippen molar-refractivity contribution in [2.75, 3.05) is 34.6 Å². The van der Waals surface area contributed by atoms with Crippen LogP contribution in [-0.2, 0) is 17.6 Å². The van der Waals surface area contributed by atoms with E-state index in [1.54, 1.807) is 14.2 Å². The number of ether oxygens (including phenoxy) is 4. The summed E-state index contributed by atoms with van der Waals surface area (Å²) in [5, 5.41) is 0. The molecule has 0 saturated heterocycles. The Balaban J connectivity index is 1.52. The Morgan fingerprint density at radius 1 is 1.21 bits per heavy atom. The average molecular weight is 397 g/mol. The summed E-state index contributed by atoms with van der Waals surface area (Å²) in [6, 6.07) is 9.90. The summed E-state index contributed by atoms with van der Waals surface area (Å²) in [6.07, 6.45) is 2.55. The molecule has 0 aromatic heterocycles. The highest BCUT2D eigenvalue weighted by atomic mass is 16.7. The van der Waals surface area contributed by atoms with E-state index in [1.807, 2.05) is 30.3 Å². The van der Waals surface area contributed by atoms with Gasteiger partial charge in [0.15, 0.2) is 11.5 Å². The van der Waals surface area contributed by atoms with Gasteiger partial charge in [0, 0.05) is 31.0 Å². The van der Waals surface area contributed by atoms with E-state index < -0.39 is 0 Å². The van der Waals surface area contributed by atoms with Gasteiger partial charge in [-0.25, -0.2) is 0 Å². The van der Waals surface area contributed by atoms with Crippen LogP contribution < -0.4 is 18.9 Å². The number of carbonyl (C=O) groups excluding carboxylic acids is 1. The average Bonchev–Trinajstić information content (AvgIpc) is 3.21. The topological polar surface area (TPSA) is 57.2 Å². The van der Waals surface area contributed by atoms with Gasteiger partial charge in [-0.1, -0.05) is 12.1 Å². The predicted molar refractivity (Wildman–Crippen MR) is 109 cm³/mol. The molecule has 2 aliphatic rings. The maximum Gasteiger partial charge on any atom is 0.231 e. The molecule has 1 atom stereocenters. The Hall–Kier alpha value is -2.73. The second-order valence-corrected chi connectivity index (χ2v) is 7.56. The van der Waals surface area contributed by atoms with Crippen molar-refractivity contribution >= 4 is 5.78 Å². The summed E-state index contributed by atoms with van der Waals surface area (Å²) in [5.74, 6) is 3.13. The Morgan fingerprint density at radius 3 is 2.86 bits per heavy atom.